The Bertz CT molecular complexity index is 1110. The van der Waals surface area contributed by atoms with E-state index in [1.54, 1.807) is 62.8 Å². The zero-order valence-corrected chi connectivity index (χ0v) is 18.6. The predicted molar refractivity (Wildman–Crippen MR) is 121 cm³/mol. The minimum absolute atomic E-state index is 0.318. The first-order valence-electron chi connectivity index (χ1n) is 11.2. The van der Waals surface area contributed by atoms with E-state index in [9.17, 15) is 19.2 Å². The van der Waals surface area contributed by atoms with Crippen molar-refractivity contribution in [1.82, 2.24) is 0 Å². The highest BCUT2D eigenvalue weighted by Gasteiger charge is 2.68. The molecule has 34 heavy (non-hydrogen) atoms. The minimum Gasteiger partial charge on any atom is -0.497 e. The lowest BCUT2D eigenvalue weighted by atomic mass is 9.54. The first kappa shape index (κ1) is 20.7. The second-order valence-electron chi connectivity index (χ2n) is 9.06. The molecule has 0 radical (unpaired) electrons. The van der Waals surface area contributed by atoms with Crippen LogP contribution in [0.4, 0.5) is 11.4 Å². The molecule has 2 aliphatic heterocycles. The second-order valence-corrected chi connectivity index (χ2v) is 9.06. The van der Waals surface area contributed by atoms with E-state index < -0.39 is 35.5 Å². The van der Waals surface area contributed by atoms with Crippen molar-refractivity contribution < 1.29 is 28.7 Å². The standard InChI is InChI=1S/C26H22N2O6/c1-33-15-7-3-13(4-8-15)27-23(29)19-17-11-12-18(20(19)24(27)30)22-21(17)25(31)28(26(22)32)14-5-9-16(34-2)10-6-14/h3-12,17-22H,1-2H3/t17?,18?,19-,20+,21-,22+. The molecular formula is C26H22N2O6. The van der Waals surface area contributed by atoms with E-state index in [1.165, 1.54) is 9.80 Å². The average Bonchev–Trinajstić information content (AvgIpc) is 3.31. The Labute approximate surface area is 195 Å². The van der Waals surface area contributed by atoms with Crippen LogP contribution in [0.15, 0.2) is 60.7 Å². The van der Waals surface area contributed by atoms with Crippen molar-refractivity contribution in [2.75, 3.05) is 24.0 Å². The Morgan fingerprint density at radius 1 is 0.529 bits per heavy atom. The summed E-state index contributed by atoms with van der Waals surface area (Å²) < 4.78 is 10.3. The molecule has 8 nitrogen and oxygen atoms in total. The first-order valence-corrected chi connectivity index (χ1v) is 11.2. The molecule has 0 unspecified atom stereocenters. The maximum absolute atomic E-state index is 13.5. The van der Waals surface area contributed by atoms with E-state index in [4.69, 9.17) is 9.47 Å². The van der Waals surface area contributed by atoms with E-state index in [0.717, 1.165) is 0 Å². The van der Waals surface area contributed by atoms with E-state index in [2.05, 4.69) is 0 Å². The molecule has 4 amide bonds. The lowest BCUT2D eigenvalue weighted by Gasteiger charge is -2.44. The molecule has 5 aliphatic rings. The molecule has 1 saturated carbocycles. The van der Waals surface area contributed by atoms with Crippen molar-refractivity contribution in [2.45, 2.75) is 0 Å². The molecule has 2 heterocycles. The molecule has 3 aliphatic carbocycles. The number of benzene rings is 2. The van der Waals surface area contributed by atoms with Crippen molar-refractivity contribution in [3.05, 3.63) is 60.7 Å². The second kappa shape index (κ2) is 7.28. The smallest absolute Gasteiger partial charge is 0.238 e. The summed E-state index contributed by atoms with van der Waals surface area (Å²) in [7, 11) is 3.09. The van der Waals surface area contributed by atoms with E-state index in [-0.39, 0.29) is 23.6 Å². The van der Waals surface area contributed by atoms with Gasteiger partial charge < -0.3 is 9.47 Å². The Hall–Kier alpha value is -3.94. The summed E-state index contributed by atoms with van der Waals surface area (Å²) in [6.07, 6.45) is 3.72. The lowest BCUT2D eigenvalue weighted by molar-refractivity contribution is -0.137. The summed E-state index contributed by atoms with van der Waals surface area (Å²) in [4.78, 5) is 56.5. The van der Waals surface area contributed by atoms with Crippen LogP contribution in [0.2, 0.25) is 0 Å². The van der Waals surface area contributed by atoms with Gasteiger partial charge in [0.25, 0.3) is 0 Å². The number of hydrogen-bond acceptors (Lipinski definition) is 6. The summed E-state index contributed by atoms with van der Waals surface area (Å²) in [5, 5.41) is 0. The van der Waals surface area contributed by atoms with Gasteiger partial charge in [0.05, 0.1) is 49.3 Å². The molecule has 7 rings (SSSR count). The number of imide groups is 2. The fourth-order valence-corrected chi connectivity index (χ4v) is 6.20. The average molecular weight is 458 g/mol. The van der Waals surface area contributed by atoms with E-state index in [0.29, 0.717) is 22.9 Å². The zero-order chi connectivity index (χ0) is 23.7. The molecule has 4 atom stereocenters. The fourth-order valence-electron chi connectivity index (χ4n) is 6.20. The third kappa shape index (κ3) is 2.59. The maximum atomic E-state index is 13.5. The van der Waals surface area contributed by atoms with Crippen molar-refractivity contribution in [3.8, 4) is 11.5 Å². The summed E-state index contributed by atoms with van der Waals surface area (Å²) >= 11 is 0. The van der Waals surface area contributed by atoms with Crippen LogP contribution < -0.4 is 19.3 Å². The van der Waals surface area contributed by atoms with Crippen molar-refractivity contribution in [2.24, 2.45) is 35.5 Å². The van der Waals surface area contributed by atoms with Crippen LogP contribution in [0.3, 0.4) is 0 Å². The summed E-state index contributed by atoms with van der Waals surface area (Å²) in [5.74, 6) is -3.66. The van der Waals surface area contributed by atoms with Gasteiger partial charge in [-0.1, -0.05) is 12.2 Å². The number of anilines is 2. The van der Waals surface area contributed by atoms with Crippen LogP contribution in [0.1, 0.15) is 0 Å². The summed E-state index contributed by atoms with van der Waals surface area (Å²) in [5.41, 5.74) is 0.930. The van der Waals surface area contributed by atoms with Crippen molar-refractivity contribution in [3.63, 3.8) is 0 Å². The molecular weight excluding hydrogens is 436 g/mol. The van der Waals surface area contributed by atoms with Crippen LogP contribution in [0, 0.1) is 35.5 Å². The van der Waals surface area contributed by atoms with Crippen LogP contribution in [-0.2, 0) is 19.2 Å². The van der Waals surface area contributed by atoms with Crippen LogP contribution in [-0.4, -0.2) is 37.8 Å². The van der Waals surface area contributed by atoms with Crippen LogP contribution in [0.5, 0.6) is 11.5 Å². The predicted octanol–water partition coefficient (Wildman–Crippen LogP) is 2.43. The molecule has 2 aromatic rings. The Morgan fingerprint density at radius 2 is 0.824 bits per heavy atom. The number of nitrogens with zero attached hydrogens (tertiary/aromatic N) is 2. The monoisotopic (exact) mass is 458 g/mol. The largest absolute Gasteiger partial charge is 0.497 e. The molecule has 2 aromatic carbocycles. The Kier molecular flexibility index (Phi) is 4.42. The first-order chi connectivity index (χ1) is 16.5. The molecule has 2 saturated heterocycles. The SMILES string of the molecule is COc1ccc(N2C(=O)[C@@H]3C4C=CC([C@@H]3C2=O)[C@@H]2C(=O)N(c3ccc(OC)cc3)C(=O)[C@H]42)cc1. The van der Waals surface area contributed by atoms with Gasteiger partial charge in [-0.15, -0.1) is 0 Å². The molecule has 172 valence electrons. The normalized spacial score (nSPS) is 31.2. The van der Waals surface area contributed by atoms with Gasteiger partial charge in [-0.2, -0.15) is 0 Å². The Balaban J connectivity index is 1.35. The minimum atomic E-state index is -0.654. The van der Waals surface area contributed by atoms with Gasteiger partial charge >= 0.3 is 0 Å². The zero-order valence-electron chi connectivity index (χ0n) is 18.6. The highest BCUT2D eigenvalue weighted by atomic mass is 16.5. The van der Waals surface area contributed by atoms with Crippen molar-refractivity contribution >= 4 is 35.0 Å². The van der Waals surface area contributed by atoms with Gasteiger partial charge in [0, 0.05) is 11.8 Å². The number of carbonyl (C=O) groups is 4. The highest BCUT2D eigenvalue weighted by molar-refractivity contribution is 6.26. The van der Waals surface area contributed by atoms with E-state index in [1.807, 2.05) is 12.2 Å². The third-order valence-electron chi connectivity index (χ3n) is 7.67. The number of hydrogen-bond donors (Lipinski definition) is 0. The number of carbonyl (C=O) groups excluding carboxylic acids is 4. The van der Waals surface area contributed by atoms with Gasteiger partial charge in [-0.3, -0.25) is 29.0 Å². The van der Waals surface area contributed by atoms with Gasteiger partial charge in [-0.25, -0.2) is 0 Å². The topological polar surface area (TPSA) is 93.2 Å². The van der Waals surface area contributed by atoms with Gasteiger partial charge in [0.1, 0.15) is 11.5 Å². The Morgan fingerprint density at radius 3 is 1.09 bits per heavy atom. The number of rotatable bonds is 4. The molecule has 8 heteroatoms. The van der Waals surface area contributed by atoms with E-state index >= 15 is 0 Å². The third-order valence-corrected chi connectivity index (χ3v) is 7.67. The van der Waals surface area contributed by atoms with Gasteiger partial charge in [0.2, 0.25) is 23.6 Å². The summed E-state index contributed by atoms with van der Waals surface area (Å²) in [6, 6.07) is 13.5. The molecule has 0 N–H and O–H groups in total. The molecule has 3 fully saturated rings. The van der Waals surface area contributed by atoms with Gasteiger partial charge in [0.15, 0.2) is 0 Å². The molecule has 2 bridgehead atoms. The van der Waals surface area contributed by atoms with Crippen LogP contribution >= 0.6 is 0 Å². The number of amides is 4. The summed E-state index contributed by atoms with van der Waals surface area (Å²) in [6.45, 7) is 0. The quantitative estimate of drug-likeness (QED) is 0.516. The van der Waals surface area contributed by atoms with Crippen LogP contribution in [0.25, 0.3) is 0 Å². The maximum Gasteiger partial charge on any atom is 0.238 e. The van der Waals surface area contributed by atoms with Gasteiger partial charge in [-0.05, 0) is 48.5 Å². The number of ether oxygens (including phenoxy) is 2. The highest BCUT2D eigenvalue weighted by Crippen LogP contribution is 2.58. The molecule has 0 aromatic heterocycles. The molecule has 0 spiro atoms. The lowest BCUT2D eigenvalue weighted by Crippen LogP contribution is -2.50. The number of allylic oxidation sites excluding steroid dienone is 2. The fraction of sp³-hybridized carbons (Fsp3) is 0.308. The number of methoxy groups -OCH3 is 2. The van der Waals surface area contributed by atoms with Crippen molar-refractivity contribution in [1.29, 1.82) is 0 Å².